The van der Waals surface area contributed by atoms with Gasteiger partial charge in [-0.1, -0.05) is 18.2 Å². The minimum absolute atomic E-state index is 0.0409. The van der Waals surface area contributed by atoms with Crippen LogP contribution in [0.5, 0.6) is 0 Å². The molecule has 41 heavy (non-hydrogen) atoms. The fourth-order valence-corrected chi connectivity index (χ4v) is 4.97. The number of aliphatic hydroxyl groups is 1. The Labute approximate surface area is 236 Å². The van der Waals surface area contributed by atoms with Crippen molar-refractivity contribution in [2.24, 2.45) is 0 Å². The number of fused-ring (bicyclic) bond motifs is 3. The molecule has 226 valence electrons. The monoisotopic (exact) mass is 584 g/mol. The van der Waals surface area contributed by atoms with Crippen LogP contribution in [0.3, 0.4) is 0 Å². The van der Waals surface area contributed by atoms with Crippen molar-refractivity contribution in [3.8, 4) is 0 Å². The first-order valence-corrected chi connectivity index (χ1v) is 13.4. The van der Waals surface area contributed by atoms with Gasteiger partial charge in [-0.3, -0.25) is 19.0 Å². The molecule has 2 aliphatic rings. The molecule has 4 N–H and O–H groups in total. The van der Waals surface area contributed by atoms with E-state index in [1.165, 1.54) is 23.1 Å². The van der Waals surface area contributed by atoms with Gasteiger partial charge in [-0.25, -0.2) is 17.6 Å². The zero-order valence-electron chi connectivity index (χ0n) is 23.1. The van der Waals surface area contributed by atoms with Crippen LogP contribution in [0.15, 0.2) is 42.5 Å². The summed E-state index contributed by atoms with van der Waals surface area (Å²) >= 11 is 0. The van der Waals surface area contributed by atoms with Crippen LogP contribution < -0.4 is 5.32 Å². The molecule has 5 rings (SSSR count). The number of carboxylic acids is 1. The van der Waals surface area contributed by atoms with Gasteiger partial charge in [0.05, 0.1) is 19.3 Å². The number of rotatable bonds is 8. The number of para-hydroxylation sites is 1. The summed E-state index contributed by atoms with van der Waals surface area (Å²) in [6, 6.07) is 11.6. The van der Waals surface area contributed by atoms with E-state index in [1.807, 2.05) is 25.1 Å². The molecule has 0 unspecified atom stereocenters. The molecular weight excluding hydrogens is 547 g/mol. The SMILES string of the molecule is CC(=O)O.C[C@@H]1Cc2c([nH]c3ccccc23)CN1CC(F)(F)CO.FCCCN1CC(Nc2cc(F)cc(F)c2)C1. The third-order valence-corrected chi connectivity index (χ3v) is 6.85. The minimum Gasteiger partial charge on any atom is -0.481 e. The molecule has 1 saturated heterocycles. The number of aromatic nitrogens is 1. The number of aliphatic hydroxyl groups excluding tert-OH is 1. The Bertz CT molecular complexity index is 1260. The Hall–Kier alpha value is -3.22. The van der Waals surface area contributed by atoms with Gasteiger partial charge < -0.3 is 20.5 Å². The highest BCUT2D eigenvalue weighted by atomic mass is 19.3. The highest BCUT2D eigenvalue weighted by Crippen LogP contribution is 2.31. The average Bonchev–Trinajstić information content (AvgIpc) is 3.22. The van der Waals surface area contributed by atoms with Crippen molar-refractivity contribution < 1.29 is 37.0 Å². The lowest BCUT2D eigenvalue weighted by Gasteiger charge is -2.40. The van der Waals surface area contributed by atoms with E-state index >= 15 is 0 Å². The maximum Gasteiger partial charge on any atom is 0.300 e. The topological polar surface area (TPSA) is 91.8 Å². The van der Waals surface area contributed by atoms with Crippen LogP contribution in [0.1, 0.15) is 31.5 Å². The van der Waals surface area contributed by atoms with Crippen molar-refractivity contribution in [3.63, 3.8) is 0 Å². The predicted octanol–water partition coefficient (Wildman–Crippen LogP) is 5.05. The van der Waals surface area contributed by atoms with Gasteiger partial charge in [-0.05, 0) is 43.5 Å². The average molecular weight is 585 g/mol. The predicted molar refractivity (Wildman–Crippen MR) is 148 cm³/mol. The lowest BCUT2D eigenvalue weighted by molar-refractivity contribution is -0.134. The summed E-state index contributed by atoms with van der Waals surface area (Å²) in [7, 11) is 0. The van der Waals surface area contributed by atoms with Gasteiger partial charge in [0.25, 0.3) is 11.9 Å². The Balaban J connectivity index is 0.000000202. The number of aromatic amines is 1. The fourth-order valence-electron chi connectivity index (χ4n) is 4.97. The Morgan fingerprint density at radius 2 is 1.78 bits per heavy atom. The molecule has 1 atom stereocenters. The number of carbonyl (C=O) groups is 1. The number of hydrogen-bond acceptors (Lipinski definition) is 5. The molecule has 3 aromatic rings. The van der Waals surface area contributed by atoms with E-state index in [4.69, 9.17) is 15.0 Å². The van der Waals surface area contributed by atoms with Gasteiger partial charge in [-0.2, -0.15) is 0 Å². The van der Waals surface area contributed by atoms with E-state index in [-0.39, 0.29) is 18.8 Å². The first-order chi connectivity index (χ1) is 19.4. The standard InChI is InChI=1S/C15H18F2N2O.C12H15F3N2.C2H4O2/c1-10-6-12-11-4-2-3-5-13(11)18-14(12)7-19(10)8-15(16,17)9-20;13-2-1-3-17-7-12(8-17)16-11-5-9(14)4-10(15)6-11;1-2(3)4/h2-5,10,18,20H,6-9H2,1H3;4-6,12,16H,1-3,7-8H2;1H3,(H,3,4)/t10-;;/m1../s1. The van der Waals surface area contributed by atoms with Crippen LogP contribution in [-0.4, -0.2) is 88.4 Å². The lowest BCUT2D eigenvalue weighted by atomic mass is 9.97. The third-order valence-electron chi connectivity index (χ3n) is 6.85. The summed E-state index contributed by atoms with van der Waals surface area (Å²) in [6.45, 7) is 4.03. The largest absolute Gasteiger partial charge is 0.481 e. The van der Waals surface area contributed by atoms with Gasteiger partial charge in [0.1, 0.15) is 18.2 Å². The highest BCUT2D eigenvalue weighted by molar-refractivity contribution is 5.84. The molecule has 2 aliphatic heterocycles. The second-order valence-corrected chi connectivity index (χ2v) is 10.4. The number of hydrogen-bond donors (Lipinski definition) is 4. The molecule has 1 aromatic heterocycles. The molecule has 3 heterocycles. The molecule has 7 nitrogen and oxygen atoms in total. The second kappa shape index (κ2) is 14.6. The van der Waals surface area contributed by atoms with E-state index in [9.17, 15) is 22.0 Å². The molecule has 1 fully saturated rings. The number of H-pyrrole nitrogens is 1. The van der Waals surface area contributed by atoms with Crippen molar-refractivity contribution in [2.75, 3.05) is 44.8 Å². The van der Waals surface area contributed by atoms with Gasteiger partial charge in [0, 0.05) is 67.5 Å². The highest BCUT2D eigenvalue weighted by Gasteiger charge is 2.35. The molecule has 0 aliphatic carbocycles. The number of nitrogens with one attached hydrogen (secondary N) is 2. The van der Waals surface area contributed by atoms with Gasteiger partial charge in [0.2, 0.25) is 0 Å². The molecule has 2 aromatic carbocycles. The number of likely N-dealkylation sites (tertiary alicyclic amines) is 1. The van der Waals surface area contributed by atoms with Crippen LogP contribution in [0.25, 0.3) is 10.9 Å². The van der Waals surface area contributed by atoms with Crippen molar-refractivity contribution in [2.45, 2.75) is 51.2 Å². The number of nitrogens with zero attached hydrogens (tertiary/aromatic N) is 2. The Morgan fingerprint density at radius 3 is 2.39 bits per heavy atom. The summed E-state index contributed by atoms with van der Waals surface area (Å²) < 4.78 is 64.5. The summed E-state index contributed by atoms with van der Waals surface area (Å²) in [4.78, 5) is 16.2. The summed E-state index contributed by atoms with van der Waals surface area (Å²) in [5.41, 5.74) is 3.76. The Kier molecular flexibility index (Phi) is 11.5. The first kappa shape index (κ1) is 32.3. The molecule has 0 amide bonds. The van der Waals surface area contributed by atoms with Gasteiger partial charge in [-0.15, -0.1) is 0 Å². The number of aliphatic carboxylic acids is 1. The quantitative estimate of drug-likeness (QED) is 0.277. The van der Waals surface area contributed by atoms with E-state index in [0.29, 0.717) is 18.7 Å². The smallest absolute Gasteiger partial charge is 0.300 e. The van der Waals surface area contributed by atoms with E-state index in [0.717, 1.165) is 50.3 Å². The maximum atomic E-state index is 13.4. The van der Waals surface area contributed by atoms with Gasteiger partial charge in [0.15, 0.2) is 0 Å². The summed E-state index contributed by atoms with van der Waals surface area (Å²) in [6.07, 6.45) is 1.29. The molecular formula is C29H37F5N4O3. The third kappa shape index (κ3) is 9.68. The second-order valence-electron chi connectivity index (χ2n) is 10.4. The van der Waals surface area contributed by atoms with Crippen LogP contribution in [0.2, 0.25) is 0 Å². The molecule has 0 spiro atoms. The summed E-state index contributed by atoms with van der Waals surface area (Å²) in [5, 5.41) is 20.4. The van der Waals surface area contributed by atoms with Gasteiger partial charge >= 0.3 is 0 Å². The lowest BCUT2D eigenvalue weighted by Crippen LogP contribution is -2.54. The van der Waals surface area contributed by atoms with Crippen LogP contribution >= 0.6 is 0 Å². The molecule has 12 heteroatoms. The van der Waals surface area contributed by atoms with Crippen LogP contribution in [-0.2, 0) is 17.8 Å². The van der Waals surface area contributed by atoms with Crippen molar-refractivity contribution in [3.05, 3.63) is 65.4 Å². The zero-order valence-corrected chi connectivity index (χ0v) is 23.1. The van der Waals surface area contributed by atoms with Crippen molar-refractivity contribution in [1.82, 2.24) is 14.8 Å². The Morgan fingerprint density at radius 1 is 1.15 bits per heavy atom. The number of alkyl halides is 3. The molecule has 0 bridgehead atoms. The first-order valence-electron chi connectivity index (χ1n) is 13.4. The normalized spacial score (nSPS) is 17.5. The summed E-state index contributed by atoms with van der Waals surface area (Å²) in [5.74, 6) is -5.04. The molecule has 0 radical (unpaired) electrons. The van der Waals surface area contributed by atoms with Crippen LogP contribution in [0, 0.1) is 11.6 Å². The maximum absolute atomic E-state index is 13.4. The number of anilines is 1. The van der Waals surface area contributed by atoms with E-state index < -0.39 is 36.7 Å². The number of benzene rings is 2. The van der Waals surface area contributed by atoms with Crippen molar-refractivity contribution >= 4 is 22.6 Å². The number of halogens is 5. The molecule has 0 saturated carbocycles. The zero-order chi connectivity index (χ0) is 30.2. The number of carboxylic acid groups (broad SMARTS) is 1. The minimum atomic E-state index is -3.04. The van der Waals surface area contributed by atoms with Crippen LogP contribution in [0.4, 0.5) is 27.6 Å². The van der Waals surface area contributed by atoms with E-state index in [1.54, 1.807) is 4.90 Å². The van der Waals surface area contributed by atoms with E-state index in [2.05, 4.69) is 21.3 Å². The van der Waals surface area contributed by atoms with Crippen molar-refractivity contribution in [1.29, 1.82) is 0 Å². The fraction of sp³-hybridized carbons (Fsp3) is 0.483.